The van der Waals surface area contributed by atoms with Crippen molar-refractivity contribution in [2.45, 2.75) is 19.9 Å². The average Bonchev–Trinajstić information content (AvgIpc) is 3.23. The van der Waals surface area contributed by atoms with Gasteiger partial charge in [0, 0.05) is 38.3 Å². The van der Waals surface area contributed by atoms with Gasteiger partial charge in [0.05, 0.1) is 10.6 Å². The summed E-state index contributed by atoms with van der Waals surface area (Å²) < 4.78 is 1.65. The van der Waals surface area contributed by atoms with Crippen LogP contribution in [0.4, 0.5) is 10.5 Å². The van der Waals surface area contributed by atoms with Crippen LogP contribution in [0.2, 0.25) is 0 Å². The molecule has 0 spiro atoms. The summed E-state index contributed by atoms with van der Waals surface area (Å²) in [7, 11) is 3.49. The van der Waals surface area contributed by atoms with E-state index < -0.39 is 0 Å². The van der Waals surface area contributed by atoms with E-state index in [1.54, 1.807) is 34.6 Å². The number of thiophene rings is 1. The number of rotatable bonds is 2. The van der Waals surface area contributed by atoms with Crippen molar-refractivity contribution in [3.05, 3.63) is 45.5 Å². The minimum Gasteiger partial charge on any atom is -0.344 e. The molecule has 0 radical (unpaired) electrons. The van der Waals surface area contributed by atoms with Gasteiger partial charge in [-0.2, -0.15) is 5.10 Å². The van der Waals surface area contributed by atoms with Crippen LogP contribution in [0.25, 0.3) is 5.65 Å². The number of anilines is 1. The summed E-state index contributed by atoms with van der Waals surface area (Å²) in [6, 6.07) is 5.36. The Morgan fingerprint density at radius 1 is 1.33 bits per heavy atom. The molecule has 0 unspecified atom stereocenters. The molecule has 0 bridgehead atoms. The van der Waals surface area contributed by atoms with Gasteiger partial charge in [-0.1, -0.05) is 0 Å². The predicted octanol–water partition coefficient (Wildman–Crippen LogP) is 2.39. The summed E-state index contributed by atoms with van der Waals surface area (Å²) in [5, 5.41) is 7.20. The Balaban J connectivity index is 1.51. The van der Waals surface area contributed by atoms with Gasteiger partial charge >= 0.3 is 6.03 Å². The van der Waals surface area contributed by atoms with Crippen LogP contribution in [-0.4, -0.2) is 57.0 Å². The third-order valence-electron chi connectivity index (χ3n) is 4.48. The fourth-order valence-corrected chi connectivity index (χ4v) is 4.32. The van der Waals surface area contributed by atoms with Crippen molar-refractivity contribution in [2.24, 2.45) is 0 Å². The van der Waals surface area contributed by atoms with Gasteiger partial charge in [-0.15, -0.1) is 11.3 Å². The monoisotopic (exact) mass is 384 g/mol. The number of pyridine rings is 1. The normalized spacial score (nSPS) is 13.5. The molecule has 4 rings (SSSR count). The van der Waals surface area contributed by atoms with E-state index in [2.05, 4.69) is 15.4 Å². The third-order valence-corrected chi connectivity index (χ3v) is 5.71. The molecule has 9 heteroatoms. The number of hydrogen-bond acceptors (Lipinski definition) is 5. The average molecular weight is 384 g/mol. The standard InChI is InChI=1S/C18H20N6O2S/c1-11-19-16-13(5-4-7-24(16)21-11)20-18(26)23-8-6-14-12(10-23)9-15(27-14)17(25)22(2)3/h4-5,7,9H,6,8,10H2,1-3H3,(H,20,26). The van der Waals surface area contributed by atoms with Crippen LogP contribution in [0.1, 0.15) is 25.9 Å². The zero-order valence-corrected chi connectivity index (χ0v) is 16.2. The van der Waals surface area contributed by atoms with Crippen molar-refractivity contribution in [3.63, 3.8) is 0 Å². The maximum atomic E-state index is 12.8. The number of amides is 3. The first-order valence-corrected chi connectivity index (χ1v) is 9.45. The molecule has 3 aromatic heterocycles. The van der Waals surface area contributed by atoms with Gasteiger partial charge < -0.3 is 15.1 Å². The number of fused-ring (bicyclic) bond motifs is 2. The lowest BCUT2D eigenvalue weighted by molar-refractivity contribution is 0.0832. The molecule has 140 valence electrons. The molecule has 3 aromatic rings. The van der Waals surface area contributed by atoms with Gasteiger partial charge in [-0.3, -0.25) is 4.79 Å². The van der Waals surface area contributed by atoms with Gasteiger partial charge in [0.2, 0.25) is 0 Å². The first-order valence-electron chi connectivity index (χ1n) is 8.63. The third kappa shape index (κ3) is 3.25. The van der Waals surface area contributed by atoms with Crippen molar-refractivity contribution in [2.75, 3.05) is 26.0 Å². The minimum absolute atomic E-state index is 0.000689. The maximum Gasteiger partial charge on any atom is 0.322 e. The number of hydrogen-bond donors (Lipinski definition) is 1. The number of nitrogens with one attached hydrogen (secondary N) is 1. The maximum absolute atomic E-state index is 12.8. The van der Waals surface area contributed by atoms with Crippen molar-refractivity contribution < 1.29 is 9.59 Å². The van der Waals surface area contributed by atoms with Crippen LogP contribution in [0.3, 0.4) is 0 Å². The molecular formula is C18H20N6O2S. The lowest BCUT2D eigenvalue weighted by atomic mass is 10.1. The van der Waals surface area contributed by atoms with Crippen LogP contribution in [0.5, 0.6) is 0 Å². The highest BCUT2D eigenvalue weighted by atomic mass is 32.1. The molecule has 0 aromatic carbocycles. The Kier molecular flexibility index (Phi) is 4.31. The SMILES string of the molecule is Cc1nc2c(NC(=O)N3CCc4sc(C(=O)N(C)C)cc4C3)cccn2n1. The van der Waals surface area contributed by atoms with E-state index in [1.807, 2.05) is 25.1 Å². The first-order chi connectivity index (χ1) is 12.9. The molecule has 1 N–H and O–H groups in total. The van der Waals surface area contributed by atoms with E-state index in [-0.39, 0.29) is 11.9 Å². The number of aryl methyl sites for hydroxylation is 1. The Morgan fingerprint density at radius 2 is 2.15 bits per heavy atom. The lowest BCUT2D eigenvalue weighted by Crippen LogP contribution is -2.38. The zero-order chi connectivity index (χ0) is 19.1. The van der Waals surface area contributed by atoms with Crippen LogP contribution in [-0.2, 0) is 13.0 Å². The number of urea groups is 1. The van der Waals surface area contributed by atoms with Crippen LogP contribution in [0.15, 0.2) is 24.4 Å². The summed E-state index contributed by atoms with van der Waals surface area (Å²) in [4.78, 5) is 34.5. The van der Waals surface area contributed by atoms with E-state index >= 15 is 0 Å². The lowest BCUT2D eigenvalue weighted by Gasteiger charge is -2.27. The summed E-state index contributed by atoms with van der Waals surface area (Å²) in [6.07, 6.45) is 2.55. The van der Waals surface area contributed by atoms with E-state index in [4.69, 9.17) is 0 Å². The highest BCUT2D eigenvalue weighted by Crippen LogP contribution is 2.29. The second-order valence-electron chi connectivity index (χ2n) is 6.71. The molecule has 0 atom stereocenters. The number of aromatic nitrogens is 3. The molecule has 27 heavy (non-hydrogen) atoms. The van der Waals surface area contributed by atoms with Gasteiger partial charge in [0.15, 0.2) is 5.65 Å². The molecule has 1 aliphatic heterocycles. The second-order valence-corrected chi connectivity index (χ2v) is 7.85. The van der Waals surface area contributed by atoms with Gasteiger partial charge in [-0.05, 0) is 37.1 Å². The van der Waals surface area contributed by atoms with Gasteiger partial charge in [-0.25, -0.2) is 14.3 Å². The van der Waals surface area contributed by atoms with Crippen LogP contribution in [0, 0.1) is 6.92 Å². The quantitative estimate of drug-likeness (QED) is 0.735. The highest BCUT2D eigenvalue weighted by molar-refractivity contribution is 7.14. The van der Waals surface area contributed by atoms with Crippen LogP contribution >= 0.6 is 11.3 Å². The largest absolute Gasteiger partial charge is 0.344 e. The van der Waals surface area contributed by atoms with Gasteiger partial charge in [0.1, 0.15) is 5.82 Å². The molecule has 0 aliphatic carbocycles. The summed E-state index contributed by atoms with van der Waals surface area (Å²) in [5.41, 5.74) is 2.29. The van der Waals surface area contributed by atoms with E-state index in [1.165, 1.54) is 16.2 Å². The molecule has 0 saturated carbocycles. The molecule has 0 saturated heterocycles. The zero-order valence-electron chi connectivity index (χ0n) is 15.4. The fraction of sp³-hybridized carbons (Fsp3) is 0.333. The van der Waals surface area contributed by atoms with Crippen molar-refractivity contribution in [1.82, 2.24) is 24.4 Å². The summed E-state index contributed by atoms with van der Waals surface area (Å²) >= 11 is 1.52. The molecule has 1 aliphatic rings. The van der Waals surface area contributed by atoms with Crippen molar-refractivity contribution in [1.29, 1.82) is 0 Å². The fourth-order valence-electron chi connectivity index (χ4n) is 3.14. The Labute approximate surface area is 160 Å². The molecular weight excluding hydrogens is 364 g/mol. The number of carbonyl (C=O) groups is 2. The minimum atomic E-state index is -0.180. The Morgan fingerprint density at radius 3 is 2.93 bits per heavy atom. The van der Waals surface area contributed by atoms with Gasteiger partial charge in [0.25, 0.3) is 5.91 Å². The summed E-state index contributed by atoms with van der Waals surface area (Å²) in [5.74, 6) is 0.648. The Hall–Kier alpha value is -2.94. The topological polar surface area (TPSA) is 82.8 Å². The van der Waals surface area contributed by atoms with Crippen molar-refractivity contribution >= 4 is 34.6 Å². The molecule has 4 heterocycles. The molecule has 8 nitrogen and oxygen atoms in total. The Bertz CT molecular complexity index is 1040. The molecule has 3 amide bonds. The van der Waals surface area contributed by atoms with E-state index in [0.29, 0.717) is 30.2 Å². The highest BCUT2D eigenvalue weighted by Gasteiger charge is 2.25. The second kappa shape index (κ2) is 6.66. The van der Waals surface area contributed by atoms with E-state index in [0.717, 1.165) is 16.9 Å². The van der Waals surface area contributed by atoms with Crippen LogP contribution < -0.4 is 5.32 Å². The summed E-state index contributed by atoms with van der Waals surface area (Å²) in [6.45, 7) is 2.92. The number of nitrogens with zero attached hydrogens (tertiary/aromatic N) is 5. The molecule has 0 fully saturated rings. The van der Waals surface area contributed by atoms with E-state index in [9.17, 15) is 9.59 Å². The first kappa shape index (κ1) is 17.5. The predicted molar refractivity (Wildman–Crippen MR) is 103 cm³/mol. The van der Waals surface area contributed by atoms with Crippen molar-refractivity contribution in [3.8, 4) is 0 Å². The number of carbonyl (C=O) groups excluding carboxylic acids is 2. The smallest absolute Gasteiger partial charge is 0.322 e.